The van der Waals surface area contributed by atoms with Crippen LogP contribution in [0.5, 0.6) is 0 Å². The summed E-state index contributed by atoms with van der Waals surface area (Å²) in [6.45, 7) is 8.35. The maximum absolute atomic E-state index is 13.5. The molecule has 1 spiro atoms. The number of carbonyl (C=O) groups is 3. The summed E-state index contributed by atoms with van der Waals surface area (Å²) in [5, 5.41) is 9.42. The van der Waals surface area contributed by atoms with Crippen molar-refractivity contribution < 1.29 is 14.4 Å². The van der Waals surface area contributed by atoms with Crippen molar-refractivity contribution in [3.63, 3.8) is 0 Å². The Balaban J connectivity index is 1.28. The molecule has 9 nitrogen and oxygen atoms in total. The zero-order valence-electron chi connectivity index (χ0n) is 25.8. The predicted octanol–water partition coefficient (Wildman–Crippen LogP) is 3.73. The fourth-order valence-electron chi connectivity index (χ4n) is 6.01. The van der Waals surface area contributed by atoms with Crippen molar-refractivity contribution in [3.05, 3.63) is 88.6 Å². The summed E-state index contributed by atoms with van der Waals surface area (Å²) in [4.78, 5) is 48.1. The van der Waals surface area contributed by atoms with Crippen LogP contribution < -0.4 is 16.0 Å². The van der Waals surface area contributed by atoms with Crippen LogP contribution in [-0.2, 0) is 45.7 Å². The number of fused-ring (bicyclic) bond motifs is 3. The Labute approximate surface area is 254 Å². The molecule has 226 valence electrons. The first-order valence-electron chi connectivity index (χ1n) is 14.9. The fraction of sp³-hybridized carbons (Fsp3) is 0.412. The number of rotatable bonds is 10. The second-order valence-electron chi connectivity index (χ2n) is 13.0. The molecular weight excluding hydrogens is 540 g/mol. The molecule has 0 bridgehead atoms. The van der Waals surface area contributed by atoms with Crippen LogP contribution in [0.3, 0.4) is 0 Å². The number of pyridine rings is 1. The van der Waals surface area contributed by atoms with Gasteiger partial charge in [-0.1, -0.05) is 57.2 Å². The van der Waals surface area contributed by atoms with Gasteiger partial charge in [0.2, 0.25) is 17.7 Å². The van der Waals surface area contributed by atoms with Gasteiger partial charge in [-0.05, 0) is 67.4 Å². The number of hydrogen-bond acceptors (Lipinski definition) is 6. The van der Waals surface area contributed by atoms with Crippen molar-refractivity contribution in [3.8, 4) is 0 Å². The van der Waals surface area contributed by atoms with Crippen LogP contribution in [0.4, 0.5) is 11.5 Å². The number of aromatic nitrogens is 1. The Bertz CT molecular complexity index is 1530. The summed E-state index contributed by atoms with van der Waals surface area (Å²) < 4.78 is 0. The van der Waals surface area contributed by atoms with Gasteiger partial charge in [-0.3, -0.25) is 14.4 Å². The number of nitrogens with one attached hydrogen (secondary N) is 3. The molecule has 1 aliphatic heterocycles. The average Bonchev–Trinajstić information content (AvgIpc) is 3.47. The van der Waals surface area contributed by atoms with Gasteiger partial charge in [-0.15, -0.1) is 0 Å². The van der Waals surface area contributed by atoms with Crippen molar-refractivity contribution in [1.29, 1.82) is 0 Å². The Morgan fingerprint density at radius 3 is 2.49 bits per heavy atom. The van der Waals surface area contributed by atoms with Gasteiger partial charge in [0.15, 0.2) is 0 Å². The minimum atomic E-state index is -0.667. The average molecular weight is 583 g/mol. The first-order chi connectivity index (χ1) is 20.5. The lowest BCUT2D eigenvalue weighted by atomic mass is 9.79. The van der Waals surface area contributed by atoms with Gasteiger partial charge in [-0.25, -0.2) is 4.98 Å². The van der Waals surface area contributed by atoms with E-state index in [1.165, 1.54) is 0 Å². The second kappa shape index (κ2) is 12.3. The van der Waals surface area contributed by atoms with E-state index in [1.54, 1.807) is 11.1 Å². The van der Waals surface area contributed by atoms with Gasteiger partial charge in [-0.2, -0.15) is 0 Å². The van der Waals surface area contributed by atoms with Gasteiger partial charge < -0.3 is 25.8 Å². The van der Waals surface area contributed by atoms with Crippen LogP contribution >= 0.6 is 0 Å². The van der Waals surface area contributed by atoms with Crippen molar-refractivity contribution in [1.82, 2.24) is 20.1 Å². The van der Waals surface area contributed by atoms with E-state index in [9.17, 15) is 14.4 Å². The zero-order valence-corrected chi connectivity index (χ0v) is 25.8. The van der Waals surface area contributed by atoms with Crippen molar-refractivity contribution >= 4 is 29.2 Å². The molecule has 0 saturated heterocycles. The highest BCUT2D eigenvalue weighted by Gasteiger charge is 2.51. The third kappa shape index (κ3) is 6.63. The molecule has 3 amide bonds. The SMILES string of the molecule is CN(C)CCNCc1ccccc1CN(CC(=O)Nc1ccc2c(c1)CC1(C2)C(=O)Nc2ncccc21)C(=O)C(C)(C)C. The predicted molar refractivity (Wildman–Crippen MR) is 169 cm³/mol. The Morgan fingerprint density at radius 2 is 1.74 bits per heavy atom. The highest BCUT2D eigenvalue weighted by molar-refractivity contribution is 6.06. The first-order valence-corrected chi connectivity index (χ1v) is 14.9. The van der Waals surface area contributed by atoms with E-state index in [0.29, 0.717) is 37.4 Å². The van der Waals surface area contributed by atoms with Gasteiger partial charge >= 0.3 is 0 Å². The number of benzene rings is 2. The van der Waals surface area contributed by atoms with Crippen molar-refractivity contribution in [2.75, 3.05) is 44.4 Å². The summed E-state index contributed by atoms with van der Waals surface area (Å²) in [5.74, 6) is 0.240. The topological polar surface area (TPSA) is 107 Å². The number of anilines is 2. The monoisotopic (exact) mass is 582 g/mol. The molecule has 2 aromatic carbocycles. The van der Waals surface area contributed by atoms with E-state index < -0.39 is 10.8 Å². The zero-order chi connectivity index (χ0) is 30.8. The summed E-state index contributed by atoms with van der Waals surface area (Å²) in [5.41, 5.74) is 4.50. The minimum Gasteiger partial charge on any atom is -0.329 e. The van der Waals surface area contributed by atoms with E-state index in [2.05, 4.69) is 31.9 Å². The van der Waals surface area contributed by atoms with Crippen LogP contribution in [0, 0.1) is 5.41 Å². The van der Waals surface area contributed by atoms with E-state index >= 15 is 0 Å². The van der Waals surface area contributed by atoms with Crippen LogP contribution in [0.15, 0.2) is 60.8 Å². The molecule has 9 heteroatoms. The van der Waals surface area contributed by atoms with E-state index in [1.807, 2.05) is 83.4 Å². The molecule has 3 N–H and O–H groups in total. The minimum absolute atomic E-state index is 0.0347. The summed E-state index contributed by atoms with van der Waals surface area (Å²) in [6.07, 6.45) is 2.83. The van der Waals surface area contributed by atoms with Gasteiger partial charge in [0.25, 0.3) is 0 Å². The van der Waals surface area contributed by atoms with E-state index in [-0.39, 0.29) is 24.3 Å². The van der Waals surface area contributed by atoms with Crippen molar-refractivity contribution in [2.45, 2.75) is 52.1 Å². The molecule has 43 heavy (non-hydrogen) atoms. The quantitative estimate of drug-likeness (QED) is 0.315. The molecule has 1 aromatic heterocycles. The van der Waals surface area contributed by atoms with Crippen LogP contribution in [0.1, 0.15) is 48.6 Å². The number of amides is 3. The number of likely N-dealkylation sites (N-methyl/N-ethyl adjacent to an activating group) is 1. The highest BCUT2D eigenvalue weighted by Crippen LogP contribution is 2.46. The number of nitrogens with zero attached hydrogens (tertiary/aromatic N) is 3. The molecular formula is C34H42N6O3. The largest absolute Gasteiger partial charge is 0.329 e. The molecule has 0 fully saturated rings. The van der Waals surface area contributed by atoms with Gasteiger partial charge in [0, 0.05) is 49.0 Å². The molecule has 5 rings (SSSR count). The second-order valence-corrected chi connectivity index (χ2v) is 13.0. The van der Waals surface area contributed by atoms with E-state index in [0.717, 1.165) is 40.9 Å². The molecule has 1 atom stereocenters. The van der Waals surface area contributed by atoms with Crippen LogP contribution in [0.25, 0.3) is 0 Å². The third-order valence-electron chi connectivity index (χ3n) is 8.26. The maximum atomic E-state index is 13.5. The fourth-order valence-corrected chi connectivity index (χ4v) is 6.01. The van der Waals surface area contributed by atoms with Crippen LogP contribution in [0.2, 0.25) is 0 Å². The molecule has 3 aromatic rings. The highest BCUT2D eigenvalue weighted by atomic mass is 16.2. The summed E-state index contributed by atoms with van der Waals surface area (Å²) in [6, 6.07) is 17.7. The summed E-state index contributed by atoms with van der Waals surface area (Å²) in [7, 11) is 4.08. The normalized spacial score (nSPS) is 17.1. The van der Waals surface area contributed by atoms with Crippen LogP contribution in [-0.4, -0.2) is 66.2 Å². The maximum Gasteiger partial charge on any atom is 0.244 e. The van der Waals surface area contributed by atoms with Gasteiger partial charge in [0.1, 0.15) is 12.4 Å². The Hall–Kier alpha value is -4.08. The smallest absolute Gasteiger partial charge is 0.244 e. The molecule has 1 aliphatic carbocycles. The lowest BCUT2D eigenvalue weighted by molar-refractivity contribution is -0.142. The molecule has 2 heterocycles. The van der Waals surface area contributed by atoms with E-state index in [4.69, 9.17) is 0 Å². The molecule has 0 saturated carbocycles. The molecule has 2 aliphatic rings. The summed E-state index contributed by atoms with van der Waals surface area (Å²) >= 11 is 0. The molecule has 1 unspecified atom stereocenters. The Morgan fingerprint density at radius 1 is 1.00 bits per heavy atom. The number of hydrogen-bond donors (Lipinski definition) is 3. The Kier molecular flexibility index (Phi) is 8.66. The number of carbonyl (C=O) groups excluding carboxylic acids is 3. The third-order valence-corrected chi connectivity index (χ3v) is 8.26. The first kappa shape index (κ1) is 30.4. The lowest BCUT2D eigenvalue weighted by Crippen LogP contribution is -2.43. The lowest BCUT2D eigenvalue weighted by Gasteiger charge is -2.30. The molecule has 0 radical (unpaired) electrons. The standard InChI is InChI=1S/C34H42N6O3/c1-33(2,3)32(43)40(21-25-10-7-6-9-24(25)20-35-15-16-39(4)5)22-29(41)37-27-13-12-23-18-34(19-26(23)17-27)28-11-8-14-36-30(28)38-31(34)42/h6-14,17,35H,15-16,18-22H2,1-5H3,(H,37,41)(H,36,38,42). The van der Waals surface area contributed by atoms with Gasteiger partial charge in [0.05, 0.1) is 5.41 Å². The van der Waals surface area contributed by atoms with Crippen molar-refractivity contribution in [2.24, 2.45) is 5.41 Å².